The molecule has 10 heteroatoms. The van der Waals surface area contributed by atoms with Gasteiger partial charge in [-0.1, -0.05) is 11.6 Å². The summed E-state index contributed by atoms with van der Waals surface area (Å²) in [5, 5.41) is 7.04. The summed E-state index contributed by atoms with van der Waals surface area (Å²) >= 11 is 5.82. The van der Waals surface area contributed by atoms with Crippen LogP contribution in [0.4, 0.5) is 10.6 Å². The molecule has 0 spiro atoms. The fraction of sp³-hybridized carbons (Fsp3) is 0.529. The number of likely N-dealkylation sites (tertiary alicyclic amines) is 1. The van der Waals surface area contributed by atoms with E-state index < -0.39 is 5.60 Å². The van der Waals surface area contributed by atoms with E-state index in [1.54, 1.807) is 23.2 Å². The van der Waals surface area contributed by atoms with Crippen LogP contribution in [0, 0.1) is 0 Å². The molecule has 0 radical (unpaired) electrons. The van der Waals surface area contributed by atoms with Crippen LogP contribution in [0.25, 0.3) is 5.65 Å². The molecule has 1 fully saturated rings. The van der Waals surface area contributed by atoms with Gasteiger partial charge in [-0.15, -0.1) is 0 Å². The van der Waals surface area contributed by atoms with E-state index in [0.717, 1.165) is 0 Å². The van der Waals surface area contributed by atoms with Crippen LogP contribution >= 0.6 is 11.6 Å². The van der Waals surface area contributed by atoms with Gasteiger partial charge in [0, 0.05) is 6.54 Å². The summed E-state index contributed by atoms with van der Waals surface area (Å²) in [5.74, 6) is 0.0281. The van der Waals surface area contributed by atoms with Gasteiger partial charge < -0.3 is 19.7 Å². The van der Waals surface area contributed by atoms with Crippen LogP contribution in [-0.2, 0) is 14.3 Å². The van der Waals surface area contributed by atoms with Gasteiger partial charge in [-0.25, -0.2) is 14.3 Å². The van der Waals surface area contributed by atoms with Crippen LogP contribution in [0.5, 0.6) is 0 Å². The van der Waals surface area contributed by atoms with Crippen molar-refractivity contribution in [2.24, 2.45) is 0 Å². The van der Waals surface area contributed by atoms with Crippen molar-refractivity contribution >= 4 is 35.1 Å². The Labute approximate surface area is 161 Å². The number of ether oxygens (including phenoxy) is 2. The lowest BCUT2D eigenvalue weighted by Crippen LogP contribution is -2.36. The van der Waals surface area contributed by atoms with E-state index in [1.165, 1.54) is 4.52 Å². The fourth-order valence-corrected chi connectivity index (χ4v) is 2.79. The lowest BCUT2D eigenvalue weighted by Gasteiger charge is -2.24. The lowest BCUT2D eigenvalue weighted by molar-refractivity contribution is -0.122. The third-order valence-electron chi connectivity index (χ3n) is 3.80. The van der Waals surface area contributed by atoms with Gasteiger partial charge in [0.15, 0.2) is 11.5 Å². The summed E-state index contributed by atoms with van der Waals surface area (Å²) in [6, 6.07) is 3.32. The van der Waals surface area contributed by atoms with Crippen LogP contribution in [-0.4, -0.2) is 62.9 Å². The molecule has 2 amide bonds. The van der Waals surface area contributed by atoms with Crippen molar-refractivity contribution in [3.63, 3.8) is 0 Å². The molecule has 0 aliphatic carbocycles. The monoisotopic (exact) mass is 395 g/mol. The summed E-state index contributed by atoms with van der Waals surface area (Å²) in [4.78, 5) is 29.9. The van der Waals surface area contributed by atoms with E-state index in [4.69, 9.17) is 21.1 Å². The summed E-state index contributed by atoms with van der Waals surface area (Å²) in [6.07, 6.45) is 1.65. The Morgan fingerprint density at radius 2 is 2.15 bits per heavy atom. The van der Waals surface area contributed by atoms with Crippen molar-refractivity contribution in [2.75, 3.05) is 25.0 Å². The molecule has 0 unspecified atom stereocenters. The first kappa shape index (κ1) is 19.4. The Balaban J connectivity index is 1.46. The minimum atomic E-state index is -0.539. The van der Waals surface area contributed by atoms with Crippen molar-refractivity contribution in [1.82, 2.24) is 19.5 Å². The molecule has 1 aliphatic heterocycles. The molecule has 1 saturated heterocycles. The largest absolute Gasteiger partial charge is 0.444 e. The molecule has 1 atom stereocenters. The standard InChI is InChI=1S/C17H22ClN5O4/c1-17(2,3)27-16(25)22-7-6-11(8-22)26-10-15(24)20-13-9-23-14(19-13)5-4-12(18)21-23/h4-5,9,11H,6-8,10H2,1-3H3,(H,20,24)/t11-/m0/s1. The van der Waals surface area contributed by atoms with Gasteiger partial charge in [-0.3, -0.25) is 4.79 Å². The Morgan fingerprint density at radius 1 is 1.37 bits per heavy atom. The van der Waals surface area contributed by atoms with Gasteiger partial charge in [0.2, 0.25) is 0 Å². The van der Waals surface area contributed by atoms with E-state index in [9.17, 15) is 9.59 Å². The van der Waals surface area contributed by atoms with Gasteiger partial charge >= 0.3 is 6.09 Å². The Bertz CT molecular complexity index is 847. The van der Waals surface area contributed by atoms with Crippen LogP contribution in [0.3, 0.4) is 0 Å². The molecule has 1 N–H and O–H groups in total. The van der Waals surface area contributed by atoms with Crippen molar-refractivity contribution in [1.29, 1.82) is 0 Å². The fourth-order valence-electron chi connectivity index (χ4n) is 2.65. The molecule has 27 heavy (non-hydrogen) atoms. The number of halogens is 1. The summed E-state index contributed by atoms with van der Waals surface area (Å²) in [5.41, 5.74) is 0.0303. The quantitative estimate of drug-likeness (QED) is 0.853. The van der Waals surface area contributed by atoms with Crippen LogP contribution in [0.15, 0.2) is 18.3 Å². The third kappa shape index (κ3) is 5.30. The van der Waals surface area contributed by atoms with E-state index in [0.29, 0.717) is 36.1 Å². The second kappa shape index (κ2) is 7.69. The lowest BCUT2D eigenvalue weighted by atomic mass is 10.2. The molecule has 2 aromatic rings. The average Bonchev–Trinajstić information content (AvgIpc) is 3.17. The zero-order valence-electron chi connectivity index (χ0n) is 15.4. The summed E-state index contributed by atoms with van der Waals surface area (Å²) in [6.45, 7) is 6.28. The Morgan fingerprint density at radius 3 is 2.89 bits per heavy atom. The second-order valence-electron chi connectivity index (χ2n) is 7.28. The maximum atomic E-state index is 12.1. The number of carbonyl (C=O) groups is 2. The summed E-state index contributed by atoms with van der Waals surface area (Å²) < 4.78 is 12.4. The molecule has 9 nitrogen and oxygen atoms in total. The van der Waals surface area contributed by atoms with Gasteiger partial charge in [0.1, 0.15) is 17.4 Å². The number of rotatable bonds is 4. The van der Waals surface area contributed by atoms with Crippen molar-refractivity contribution in [3.8, 4) is 0 Å². The second-order valence-corrected chi connectivity index (χ2v) is 7.67. The smallest absolute Gasteiger partial charge is 0.410 e. The number of amides is 2. The number of carbonyl (C=O) groups excluding carboxylic acids is 2. The molecular formula is C17H22ClN5O4. The van der Waals surface area contributed by atoms with Gasteiger partial charge in [0.25, 0.3) is 5.91 Å². The number of nitrogens with zero attached hydrogens (tertiary/aromatic N) is 4. The molecule has 3 rings (SSSR count). The van der Waals surface area contributed by atoms with Crippen molar-refractivity contribution in [2.45, 2.75) is 38.9 Å². The minimum absolute atomic E-state index is 0.130. The van der Waals surface area contributed by atoms with E-state index in [1.807, 2.05) is 20.8 Å². The highest BCUT2D eigenvalue weighted by molar-refractivity contribution is 6.29. The normalized spacial score (nSPS) is 17.3. The third-order valence-corrected chi connectivity index (χ3v) is 4.00. The van der Waals surface area contributed by atoms with E-state index >= 15 is 0 Å². The van der Waals surface area contributed by atoms with Crippen LogP contribution < -0.4 is 5.32 Å². The number of anilines is 1. The molecule has 0 bridgehead atoms. The molecule has 2 aromatic heterocycles. The SMILES string of the molecule is CC(C)(C)OC(=O)N1CC[C@H](OCC(=O)Nc2cn3nc(Cl)ccc3n2)C1. The molecular weight excluding hydrogens is 374 g/mol. The Hall–Kier alpha value is -2.39. The van der Waals surface area contributed by atoms with Crippen LogP contribution in [0.2, 0.25) is 5.15 Å². The van der Waals surface area contributed by atoms with E-state index in [-0.39, 0.29) is 24.7 Å². The van der Waals surface area contributed by atoms with Crippen molar-refractivity contribution < 1.29 is 19.1 Å². The van der Waals surface area contributed by atoms with E-state index in [2.05, 4.69) is 15.4 Å². The highest BCUT2D eigenvalue weighted by Gasteiger charge is 2.30. The zero-order valence-corrected chi connectivity index (χ0v) is 16.2. The predicted octanol–water partition coefficient (Wildman–Crippen LogP) is 2.35. The Kier molecular flexibility index (Phi) is 5.52. The number of nitrogens with one attached hydrogen (secondary N) is 1. The van der Waals surface area contributed by atoms with Crippen LogP contribution in [0.1, 0.15) is 27.2 Å². The summed E-state index contributed by atoms with van der Waals surface area (Å²) in [7, 11) is 0. The first-order valence-corrected chi connectivity index (χ1v) is 8.99. The first-order chi connectivity index (χ1) is 12.7. The maximum Gasteiger partial charge on any atom is 0.410 e. The first-order valence-electron chi connectivity index (χ1n) is 8.61. The van der Waals surface area contributed by atoms with Gasteiger partial charge in [-0.2, -0.15) is 5.10 Å². The number of hydrogen-bond acceptors (Lipinski definition) is 6. The van der Waals surface area contributed by atoms with Gasteiger partial charge in [-0.05, 0) is 39.3 Å². The minimum Gasteiger partial charge on any atom is -0.444 e. The number of imidazole rings is 1. The average molecular weight is 396 g/mol. The van der Waals surface area contributed by atoms with Crippen molar-refractivity contribution in [3.05, 3.63) is 23.5 Å². The zero-order chi connectivity index (χ0) is 19.6. The predicted molar refractivity (Wildman–Crippen MR) is 98.8 cm³/mol. The number of fused-ring (bicyclic) bond motifs is 1. The van der Waals surface area contributed by atoms with Gasteiger partial charge in [0.05, 0.1) is 18.8 Å². The molecule has 1 aliphatic rings. The topological polar surface area (TPSA) is 98.1 Å². The molecule has 0 saturated carbocycles. The molecule has 3 heterocycles. The number of hydrogen-bond donors (Lipinski definition) is 1. The molecule has 0 aromatic carbocycles. The highest BCUT2D eigenvalue weighted by atomic mass is 35.5. The molecule has 146 valence electrons. The maximum absolute atomic E-state index is 12.1. The highest BCUT2D eigenvalue weighted by Crippen LogP contribution is 2.17. The number of aromatic nitrogens is 3.